The predicted molar refractivity (Wildman–Crippen MR) is 97.9 cm³/mol. The normalized spacial score (nSPS) is 21.4. The molecule has 0 spiro atoms. The van der Waals surface area contributed by atoms with Gasteiger partial charge in [-0.3, -0.25) is 9.89 Å². The Labute approximate surface area is 163 Å². The summed E-state index contributed by atoms with van der Waals surface area (Å²) in [6.07, 6.45) is 0.421. The van der Waals surface area contributed by atoms with E-state index in [0.717, 1.165) is 18.2 Å². The fourth-order valence-corrected chi connectivity index (χ4v) is 3.39. The van der Waals surface area contributed by atoms with E-state index in [1.54, 1.807) is 0 Å². The van der Waals surface area contributed by atoms with E-state index in [1.165, 1.54) is 6.33 Å². The number of H-pyrrole nitrogens is 1. The highest BCUT2D eigenvalue weighted by Gasteiger charge is 2.33. The molecular formula is C18H18F2N6O3. The third-order valence-corrected chi connectivity index (χ3v) is 4.85. The molecule has 1 amide bonds. The monoisotopic (exact) mass is 404 g/mol. The molecule has 1 fully saturated rings. The maximum atomic E-state index is 13.8. The van der Waals surface area contributed by atoms with E-state index in [4.69, 9.17) is 0 Å². The number of amides is 1. The molecule has 29 heavy (non-hydrogen) atoms. The van der Waals surface area contributed by atoms with E-state index in [2.05, 4.69) is 30.8 Å². The van der Waals surface area contributed by atoms with Crippen LogP contribution in [0.5, 0.6) is 0 Å². The molecule has 0 unspecified atom stereocenters. The number of hydrogen-bond donors (Lipinski definition) is 5. The van der Waals surface area contributed by atoms with Crippen molar-refractivity contribution in [2.75, 3.05) is 5.32 Å². The Morgan fingerprint density at radius 2 is 2.07 bits per heavy atom. The molecule has 11 heteroatoms. The molecule has 2 heterocycles. The van der Waals surface area contributed by atoms with E-state index < -0.39 is 35.8 Å². The first-order valence-corrected chi connectivity index (χ1v) is 8.96. The van der Waals surface area contributed by atoms with Gasteiger partial charge in [0, 0.05) is 18.5 Å². The minimum absolute atomic E-state index is 0.000153. The van der Waals surface area contributed by atoms with Crippen LogP contribution in [0, 0.1) is 11.6 Å². The lowest BCUT2D eigenvalue weighted by atomic mass is 10.2. The van der Waals surface area contributed by atoms with Gasteiger partial charge in [0.25, 0.3) is 5.91 Å². The zero-order valence-corrected chi connectivity index (χ0v) is 15.1. The molecule has 4 rings (SSSR count). The van der Waals surface area contributed by atoms with Crippen LogP contribution in [0.2, 0.25) is 0 Å². The Morgan fingerprint density at radius 1 is 1.24 bits per heavy atom. The summed E-state index contributed by atoms with van der Waals surface area (Å²) in [7, 11) is 0. The van der Waals surface area contributed by atoms with Crippen molar-refractivity contribution in [2.45, 2.75) is 37.6 Å². The van der Waals surface area contributed by atoms with Gasteiger partial charge in [-0.25, -0.2) is 18.7 Å². The Morgan fingerprint density at radius 3 is 2.83 bits per heavy atom. The Kier molecular flexibility index (Phi) is 5.07. The van der Waals surface area contributed by atoms with Crippen molar-refractivity contribution in [2.24, 2.45) is 0 Å². The molecule has 9 nitrogen and oxygen atoms in total. The molecule has 1 aliphatic carbocycles. The summed E-state index contributed by atoms with van der Waals surface area (Å²) in [5.74, 6) is -1.59. The second-order valence-electron chi connectivity index (χ2n) is 6.88. The standard InChI is InChI=1S/C18H18F2N6O3/c19-9-1-2-11(20)8(3-9)6-21-18(29)15-14-16(22-7-23-17(14)26-25-15)24-12-4-10(27)5-13(12)28/h1-3,7,10,12-13,27-28H,4-6H2,(H,21,29)(H2,22,23,24,25,26)/t10-,12-,13-/m0/s1. The topological polar surface area (TPSA) is 136 Å². The van der Waals surface area contributed by atoms with Crippen LogP contribution in [-0.4, -0.2) is 54.5 Å². The van der Waals surface area contributed by atoms with Gasteiger partial charge in [-0.2, -0.15) is 5.10 Å². The molecule has 1 aromatic carbocycles. The molecule has 0 bridgehead atoms. The van der Waals surface area contributed by atoms with Crippen molar-refractivity contribution in [1.29, 1.82) is 0 Å². The first-order valence-electron chi connectivity index (χ1n) is 8.96. The maximum Gasteiger partial charge on any atom is 0.270 e. The number of aliphatic hydroxyl groups excluding tert-OH is 2. The molecular weight excluding hydrogens is 386 g/mol. The molecule has 3 atom stereocenters. The molecule has 0 saturated heterocycles. The molecule has 152 valence electrons. The third-order valence-electron chi connectivity index (χ3n) is 4.85. The van der Waals surface area contributed by atoms with Gasteiger partial charge < -0.3 is 20.8 Å². The quantitative estimate of drug-likeness (QED) is 0.425. The third kappa shape index (κ3) is 3.87. The number of halogens is 2. The fraction of sp³-hybridized carbons (Fsp3) is 0.333. The van der Waals surface area contributed by atoms with E-state index in [0.29, 0.717) is 11.8 Å². The molecule has 5 N–H and O–H groups in total. The van der Waals surface area contributed by atoms with Crippen molar-refractivity contribution in [3.63, 3.8) is 0 Å². The lowest BCUT2D eigenvalue weighted by Gasteiger charge is -2.17. The molecule has 1 saturated carbocycles. The van der Waals surface area contributed by atoms with Crippen LogP contribution >= 0.6 is 0 Å². The van der Waals surface area contributed by atoms with Crippen LogP contribution in [0.25, 0.3) is 11.0 Å². The maximum absolute atomic E-state index is 13.8. The van der Waals surface area contributed by atoms with Crippen LogP contribution < -0.4 is 10.6 Å². The highest BCUT2D eigenvalue weighted by atomic mass is 19.1. The first-order chi connectivity index (χ1) is 13.9. The average Bonchev–Trinajstić information content (AvgIpc) is 3.26. The smallest absolute Gasteiger partial charge is 0.270 e. The van der Waals surface area contributed by atoms with Gasteiger partial charge in [0.15, 0.2) is 5.65 Å². The van der Waals surface area contributed by atoms with E-state index in [-0.39, 0.29) is 35.7 Å². The minimum Gasteiger partial charge on any atom is -0.393 e. The van der Waals surface area contributed by atoms with Gasteiger partial charge in [-0.05, 0) is 24.6 Å². The molecule has 2 aromatic heterocycles. The number of nitrogens with zero attached hydrogens (tertiary/aromatic N) is 3. The van der Waals surface area contributed by atoms with E-state index in [9.17, 15) is 23.8 Å². The van der Waals surface area contributed by atoms with Gasteiger partial charge in [-0.15, -0.1) is 0 Å². The van der Waals surface area contributed by atoms with Crippen molar-refractivity contribution in [1.82, 2.24) is 25.5 Å². The highest BCUT2D eigenvalue weighted by Crippen LogP contribution is 2.27. The number of benzene rings is 1. The van der Waals surface area contributed by atoms with Crippen molar-refractivity contribution in [3.05, 3.63) is 47.4 Å². The molecule has 0 radical (unpaired) electrons. The van der Waals surface area contributed by atoms with Crippen LogP contribution in [0.3, 0.4) is 0 Å². The summed E-state index contributed by atoms with van der Waals surface area (Å²) in [4.78, 5) is 20.8. The SMILES string of the molecule is O=C(NCc1cc(F)ccc1F)c1[nH]nc2ncnc(N[C@H]3C[C@H](O)C[C@@H]3O)c12. The number of anilines is 1. The highest BCUT2D eigenvalue weighted by molar-refractivity contribution is 6.07. The summed E-state index contributed by atoms with van der Waals surface area (Å²) in [6.45, 7) is -0.229. The second-order valence-corrected chi connectivity index (χ2v) is 6.88. The zero-order chi connectivity index (χ0) is 20.5. The number of carbonyl (C=O) groups excluding carboxylic acids is 1. The number of fused-ring (bicyclic) bond motifs is 1. The Bertz CT molecular complexity index is 1060. The van der Waals surface area contributed by atoms with Gasteiger partial charge in [0.2, 0.25) is 0 Å². The first kappa shape index (κ1) is 19.2. The number of aromatic amines is 1. The van der Waals surface area contributed by atoms with Crippen molar-refractivity contribution < 1.29 is 23.8 Å². The fourth-order valence-electron chi connectivity index (χ4n) is 3.39. The zero-order valence-electron chi connectivity index (χ0n) is 15.1. The number of hydrogen-bond acceptors (Lipinski definition) is 7. The van der Waals surface area contributed by atoms with Crippen LogP contribution in [0.4, 0.5) is 14.6 Å². The number of nitrogens with one attached hydrogen (secondary N) is 3. The average molecular weight is 404 g/mol. The summed E-state index contributed by atoms with van der Waals surface area (Å²) in [5.41, 5.74) is 0.255. The Hall–Kier alpha value is -3.18. The number of carbonyl (C=O) groups is 1. The number of aliphatic hydroxyl groups is 2. The van der Waals surface area contributed by atoms with Crippen LogP contribution in [-0.2, 0) is 6.54 Å². The largest absolute Gasteiger partial charge is 0.393 e. The van der Waals surface area contributed by atoms with E-state index >= 15 is 0 Å². The van der Waals surface area contributed by atoms with E-state index in [1.807, 2.05) is 0 Å². The summed E-state index contributed by atoms with van der Waals surface area (Å²) >= 11 is 0. The summed E-state index contributed by atoms with van der Waals surface area (Å²) in [5, 5.41) is 32.1. The van der Waals surface area contributed by atoms with Crippen molar-refractivity contribution in [3.8, 4) is 0 Å². The molecule has 3 aromatic rings. The van der Waals surface area contributed by atoms with Gasteiger partial charge in [-0.1, -0.05) is 0 Å². The Balaban J connectivity index is 1.57. The van der Waals surface area contributed by atoms with Crippen LogP contribution in [0.1, 0.15) is 28.9 Å². The summed E-state index contributed by atoms with van der Waals surface area (Å²) in [6, 6.07) is 2.53. The van der Waals surface area contributed by atoms with Gasteiger partial charge in [0.05, 0.1) is 23.6 Å². The lowest BCUT2D eigenvalue weighted by molar-refractivity contribution is 0.0947. The molecule has 0 aliphatic heterocycles. The minimum atomic E-state index is -0.768. The summed E-state index contributed by atoms with van der Waals surface area (Å²) < 4.78 is 27.1. The number of rotatable bonds is 5. The molecule has 1 aliphatic rings. The van der Waals surface area contributed by atoms with Crippen LogP contribution in [0.15, 0.2) is 24.5 Å². The number of aromatic nitrogens is 4. The second kappa shape index (κ2) is 7.68. The van der Waals surface area contributed by atoms with Gasteiger partial charge in [0.1, 0.15) is 29.5 Å². The lowest BCUT2D eigenvalue weighted by Crippen LogP contribution is -2.29. The predicted octanol–water partition coefficient (Wildman–Crippen LogP) is 0.857. The van der Waals surface area contributed by atoms with Crippen molar-refractivity contribution >= 4 is 22.8 Å². The van der Waals surface area contributed by atoms with Gasteiger partial charge >= 0.3 is 0 Å².